The van der Waals surface area contributed by atoms with Gasteiger partial charge in [0.25, 0.3) is 0 Å². The zero-order valence-electron chi connectivity index (χ0n) is 16.5. The lowest BCUT2D eigenvalue weighted by molar-refractivity contribution is -0.118. The van der Waals surface area contributed by atoms with Gasteiger partial charge in [-0.3, -0.25) is 9.59 Å². The largest absolute Gasteiger partial charge is 0.340 e. The van der Waals surface area contributed by atoms with Crippen LogP contribution >= 0.6 is 0 Å². The molecule has 152 valence electrons. The highest BCUT2D eigenvalue weighted by Gasteiger charge is 2.20. The van der Waals surface area contributed by atoms with Crippen molar-refractivity contribution in [3.05, 3.63) is 66.5 Å². The van der Waals surface area contributed by atoms with Crippen molar-refractivity contribution in [1.82, 2.24) is 15.3 Å². The quantitative estimate of drug-likeness (QED) is 0.544. The second-order valence-corrected chi connectivity index (χ2v) is 7.23. The molecular weight excluding hydrogens is 378 g/mol. The Bertz CT molecular complexity index is 1050. The van der Waals surface area contributed by atoms with E-state index in [1.54, 1.807) is 12.1 Å². The number of amides is 1. The van der Waals surface area contributed by atoms with Crippen molar-refractivity contribution in [2.24, 2.45) is 0 Å². The Morgan fingerprint density at radius 2 is 1.90 bits per heavy atom. The predicted molar refractivity (Wildman–Crippen MR) is 117 cm³/mol. The molecule has 0 saturated carbocycles. The molecule has 1 saturated heterocycles. The van der Waals surface area contributed by atoms with E-state index in [0.717, 1.165) is 49.0 Å². The molecule has 1 aliphatic heterocycles. The lowest BCUT2D eigenvalue weighted by Crippen LogP contribution is -2.43. The molecule has 0 bridgehead atoms. The Labute approximate surface area is 175 Å². The topological polar surface area (TPSA) is 96.0 Å². The maximum absolute atomic E-state index is 12.5. The van der Waals surface area contributed by atoms with Crippen LogP contribution < -0.4 is 16.0 Å². The van der Waals surface area contributed by atoms with Crippen LogP contribution in [0.3, 0.4) is 0 Å². The van der Waals surface area contributed by atoms with Gasteiger partial charge < -0.3 is 16.0 Å². The first-order chi connectivity index (χ1) is 14.7. The van der Waals surface area contributed by atoms with E-state index in [0.29, 0.717) is 17.1 Å². The summed E-state index contributed by atoms with van der Waals surface area (Å²) in [5.74, 6) is 0.611. The highest BCUT2D eigenvalue weighted by Crippen LogP contribution is 2.23. The van der Waals surface area contributed by atoms with Gasteiger partial charge in [0.15, 0.2) is 0 Å². The number of hydrogen-bond acceptors (Lipinski definition) is 6. The minimum atomic E-state index is -0.137. The molecule has 1 aliphatic rings. The Morgan fingerprint density at radius 1 is 1.03 bits per heavy atom. The van der Waals surface area contributed by atoms with Gasteiger partial charge in [0.1, 0.15) is 18.4 Å². The summed E-state index contributed by atoms with van der Waals surface area (Å²) in [6, 6.07) is 16.5. The van der Waals surface area contributed by atoms with E-state index in [1.807, 2.05) is 42.5 Å². The standard InChI is InChI=1S/C23H23N5O2/c29-14-16-5-3-6-17(11-16)21-13-22(26-15-25-21)27-18-7-4-8-19(12-18)28-23(30)20-9-1-2-10-24-20/h3-8,11-15,20,24H,1-2,9-10H2,(H,28,30)(H,25,26,27)/t20-/m0/s1. The van der Waals surface area contributed by atoms with Crippen molar-refractivity contribution in [2.75, 3.05) is 17.2 Å². The van der Waals surface area contributed by atoms with Crippen molar-refractivity contribution in [1.29, 1.82) is 0 Å². The monoisotopic (exact) mass is 401 g/mol. The Morgan fingerprint density at radius 3 is 2.73 bits per heavy atom. The number of benzene rings is 2. The molecule has 4 rings (SSSR count). The van der Waals surface area contributed by atoms with E-state index >= 15 is 0 Å². The molecule has 1 fully saturated rings. The smallest absolute Gasteiger partial charge is 0.241 e. The van der Waals surface area contributed by atoms with Crippen molar-refractivity contribution in [3.63, 3.8) is 0 Å². The van der Waals surface area contributed by atoms with Crippen LogP contribution in [0.4, 0.5) is 17.2 Å². The summed E-state index contributed by atoms with van der Waals surface area (Å²) in [6.45, 7) is 0.880. The fraction of sp³-hybridized carbons (Fsp3) is 0.217. The maximum atomic E-state index is 12.5. The van der Waals surface area contributed by atoms with E-state index in [-0.39, 0.29) is 11.9 Å². The molecule has 30 heavy (non-hydrogen) atoms. The maximum Gasteiger partial charge on any atom is 0.241 e. The SMILES string of the molecule is O=Cc1cccc(-c2cc(Nc3cccc(NC(=O)[C@@H]4CCCCN4)c3)ncn2)c1. The van der Waals surface area contributed by atoms with Crippen LogP contribution in [0, 0.1) is 0 Å². The first-order valence-corrected chi connectivity index (χ1v) is 10.0. The lowest BCUT2D eigenvalue weighted by atomic mass is 10.0. The van der Waals surface area contributed by atoms with Gasteiger partial charge >= 0.3 is 0 Å². The van der Waals surface area contributed by atoms with Crippen LogP contribution in [0.5, 0.6) is 0 Å². The van der Waals surface area contributed by atoms with Crippen molar-refractivity contribution in [2.45, 2.75) is 25.3 Å². The van der Waals surface area contributed by atoms with Crippen molar-refractivity contribution < 1.29 is 9.59 Å². The van der Waals surface area contributed by atoms with E-state index in [9.17, 15) is 9.59 Å². The van der Waals surface area contributed by atoms with E-state index < -0.39 is 0 Å². The first kappa shape index (κ1) is 19.7. The number of nitrogens with zero attached hydrogens (tertiary/aromatic N) is 2. The fourth-order valence-electron chi connectivity index (χ4n) is 3.48. The molecule has 2 aromatic carbocycles. The van der Waals surface area contributed by atoms with Gasteiger partial charge in [-0.15, -0.1) is 0 Å². The number of carbonyl (C=O) groups is 2. The number of piperidine rings is 1. The molecule has 7 nitrogen and oxygen atoms in total. The van der Waals surface area contributed by atoms with Gasteiger partial charge in [-0.05, 0) is 43.7 Å². The average Bonchev–Trinajstić information content (AvgIpc) is 2.80. The summed E-state index contributed by atoms with van der Waals surface area (Å²) >= 11 is 0. The molecule has 1 aromatic heterocycles. The van der Waals surface area contributed by atoms with Gasteiger partial charge in [0.2, 0.25) is 5.91 Å². The predicted octanol–water partition coefficient (Wildman–Crippen LogP) is 3.78. The fourth-order valence-corrected chi connectivity index (χ4v) is 3.48. The lowest BCUT2D eigenvalue weighted by Gasteiger charge is -2.22. The number of rotatable bonds is 6. The van der Waals surface area contributed by atoms with Crippen molar-refractivity contribution >= 4 is 29.4 Å². The van der Waals surface area contributed by atoms with Crippen molar-refractivity contribution in [3.8, 4) is 11.3 Å². The molecular formula is C23H23N5O2. The Balaban J connectivity index is 1.47. The molecule has 0 unspecified atom stereocenters. The van der Waals surface area contributed by atoms with E-state index in [4.69, 9.17) is 0 Å². The molecule has 1 amide bonds. The second kappa shape index (κ2) is 9.28. The molecule has 0 spiro atoms. The highest BCUT2D eigenvalue weighted by molar-refractivity contribution is 5.95. The number of aldehydes is 1. The number of anilines is 3. The zero-order chi connectivity index (χ0) is 20.8. The number of carbonyl (C=O) groups excluding carboxylic acids is 2. The summed E-state index contributed by atoms with van der Waals surface area (Å²) in [5.41, 5.74) is 3.67. The summed E-state index contributed by atoms with van der Waals surface area (Å²) in [7, 11) is 0. The number of hydrogen-bond donors (Lipinski definition) is 3. The molecule has 3 aromatic rings. The third-order valence-electron chi connectivity index (χ3n) is 5.01. The first-order valence-electron chi connectivity index (χ1n) is 10.0. The Kier molecular flexibility index (Phi) is 6.10. The molecule has 3 N–H and O–H groups in total. The third kappa shape index (κ3) is 4.87. The van der Waals surface area contributed by atoms with Gasteiger partial charge in [-0.1, -0.05) is 30.7 Å². The molecule has 1 atom stereocenters. The van der Waals surface area contributed by atoms with Gasteiger partial charge in [-0.25, -0.2) is 9.97 Å². The molecule has 2 heterocycles. The number of aromatic nitrogens is 2. The summed E-state index contributed by atoms with van der Waals surface area (Å²) < 4.78 is 0. The van der Waals surface area contributed by atoms with E-state index in [2.05, 4.69) is 25.9 Å². The zero-order valence-corrected chi connectivity index (χ0v) is 16.5. The third-order valence-corrected chi connectivity index (χ3v) is 5.01. The van der Waals surface area contributed by atoms with Gasteiger partial charge in [0, 0.05) is 28.6 Å². The van der Waals surface area contributed by atoms with E-state index in [1.165, 1.54) is 6.33 Å². The minimum absolute atomic E-state index is 0.00812. The summed E-state index contributed by atoms with van der Waals surface area (Å²) in [4.78, 5) is 32.1. The average molecular weight is 401 g/mol. The van der Waals surface area contributed by atoms with Crippen LogP contribution in [0.25, 0.3) is 11.3 Å². The normalized spacial score (nSPS) is 15.9. The van der Waals surface area contributed by atoms with Crippen LogP contribution in [0.15, 0.2) is 60.9 Å². The van der Waals surface area contributed by atoms with Crippen LogP contribution in [0.1, 0.15) is 29.6 Å². The Hall–Kier alpha value is -3.58. The van der Waals surface area contributed by atoms with Gasteiger partial charge in [-0.2, -0.15) is 0 Å². The number of nitrogens with one attached hydrogen (secondary N) is 3. The molecule has 0 radical (unpaired) electrons. The second-order valence-electron chi connectivity index (χ2n) is 7.23. The van der Waals surface area contributed by atoms with Crippen LogP contribution in [-0.4, -0.2) is 34.7 Å². The molecule has 0 aliphatic carbocycles. The van der Waals surface area contributed by atoms with Crippen LogP contribution in [0.2, 0.25) is 0 Å². The minimum Gasteiger partial charge on any atom is -0.340 e. The molecule has 7 heteroatoms. The highest BCUT2D eigenvalue weighted by atomic mass is 16.2. The van der Waals surface area contributed by atoms with Crippen LogP contribution in [-0.2, 0) is 4.79 Å². The summed E-state index contributed by atoms with van der Waals surface area (Å²) in [6.07, 6.45) is 5.33. The summed E-state index contributed by atoms with van der Waals surface area (Å²) in [5, 5.41) is 9.49. The van der Waals surface area contributed by atoms with Gasteiger partial charge in [0.05, 0.1) is 11.7 Å².